The highest BCUT2D eigenvalue weighted by Crippen LogP contribution is 2.12. The fourth-order valence-corrected chi connectivity index (χ4v) is 2.08. The minimum atomic E-state index is -0.121. The molecule has 0 unspecified atom stereocenters. The lowest BCUT2D eigenvalue weighted by atomic mass is 10.1. The van der Waals surface area contributed by atoms with Crippen molar-refractivity contribution in [1.82, 2.24) is 25.1 Å². The third kappa shape index (κ3) is 3.77. The van der Waals surface area contributed by atoms with Gasteiger partial charge >= 0.3 is 0 Å². The van der Waals surface area contributed by atoms with Crippen LogP contribution in [0.1, 0.15) is 41.0 Å². The number of carbonyl (C=O) groups is 1. The number of aryl methyl sites for hydroxylation is 2. The Morgan fingerprint density at radius 3 is 2.76 bits per heavy atom. The zero-order chi connectivity index (χ0) is 15.4. The summed E-state index contributed by atoms with van der Waals surface area (Å²) in [7, 11) is 1.71. The van der Waals surface area contributed by atoms with Crippen LogP contribution in [-0.4, -0.2) is 38.0 Å². The molecule has 2 aromatic heterocycles. The molecule has 21 heavy (non-hydrogen) atoms. The predicted octanol–water partition coefficient (Wildman–Crippen LogP) is 1.32. The molecule has 2 aromatic rings. The largest absolute Gasteiger partial charge is 0.384 e. The molecule has 0 aromatic carbocycles. The van der Waals surface area contributed by atoms with Gasteiger partial charge in [0.05, 0.1) is 6.54 Å². The fourth-order valence-electron chi connectivity index (χ4n) is 2.08. The Kier molecular flexibility index (Phi) is 4.52. The number of pyridine rings is 1. The molecule has 0 aliphatic carbocycles. The summed E-state index contributed by atoms with van der Waals surface area (Å²) in [5, 5.41) is 6.79. The predicted molar refractivity (Wildman–Crippen MR) is 79.6 cm³/mol. The molecule has 0 radical (unpaired) electrons. The van der Waals surface area contributed by atoms with Gasteiger partial charge in [0.25, 0.3) is 5.91 Å². The van der Waals surface area contributed by atoms with Crippen molar-refractivity contribution < 1.29 is 4.79 Å². The summed E-state index contributed by atoms with van der Waals surface area (Å²) >= 11 is 0. The number of hydrogen-bond donors (Lipinski definition) is 2. The zero-order valence-electron chi connectivity index (χ0n) is 12.6. The van der Waals surface area contributed by atoms with E-state index in [9.17, 15) is 4.79 Å². The summed E-state index contributed by atoms with van der Waals surface area (Å²) < 4.78 is 0. The summed E-state index contributed by atoms with van der Waals surface area (Å²) in [4.78, 5) is 22.4. The van der Waals surface area contributed by atoms with E-state index in [1.807, 2.05) is 6.92 Å². The second-order valence-electron chi connectivity index (χ2n) is 5.02. The highest BCUT2D eigenvalue weighted by atomic mass is 16.2. The maximum atomic E-state index is 12.4. The van der Waals surface area contributed by atoms with Crippen LogP contribution in [0.4, 0.5) is 5.82 Å². The number of nitrogens with zero attached hydrogens (tertiary/aromatic N) is 4. The van der Waals surface area contributed by atoms with Crippen LogP contribution in [0.25, 0.3) is 0 Å². The summed E-state index contributed by atoms with van der Waals surface area (Å²) in [5.41, 5.74) is 7.15. The Balaban J connectivity index is 2.14. The molecule has 1 amide bonds. The van der Waals surface area contributed by atoms with Crippen LogP contribution in [0.15, 0.2) is 12.1 Å². The van der Waals surface area contributed by atoms with Crippen LogP contribution < -0.4 is 5.73 Å². The molecule has 0 bridgehead atoms. The van der Waals surface area contributed by atoms with Gasteiger partial charge in [0.2, 0.25) is 0 Å². The SMILES string of the molecule is CCCc1cc(C(=O)N(C)Cc2n[nH]c(C)n2)cc(N)n1. The van der Waals surface area contributed by atoms with E-state index >= 15 is 0 Å². The molecule has 0 spiro atoms. The zero-order valence-corrected chi connectivity index (χ0v) is 12.6. The van der Waals surface area contributed by atoms with Gasteiger partial charge in [0, 0.05) is 18.3 Å². The van der Waals surface area contributed by atoms with Gasteiger partial charge in [-0.25, -0.2) is 9.97 Å². The number of hydrogen-bond acceptors (Lipinski definition) is 5. The van der Waals surface area contributed by atoms with E-state index in [0.29, 0.717) is 23.8 Å². The Bertz CT molecular complexity index is 636. The average Bonchev–Trinajstić information content (AvgIpc) is 2.83. The van der Waals surface area contributed by atoms with Crippen molar-refractivity contribution in [3.63, 3.8) is 0 Å². The van der Waals surface area contributed by atoms with Crippen molar-refractivity contribution in [3.8, 4) is 0 Å². The Morgan fingerprint density at radius 2 is 2.14 bits per heavy atom. The van der Waals surface area contributed by atoms with Crippen molar-refractivity contribution >= 4 is 11.7 Å². The first-order chi connectivity index (χ1) is 9.99. The average molecular weight is 288 g/mol. The van der Waals surface area contributed by atoms with Gasteiger partial charge < -0.3 is 10.6 Å². The number of amides is 1. The molecule has 0 saturated carbocycles. The molecule has 2 heterocycles. The van der Waals surface area contributed by atoms with Crippen LogP contribution in [0, 0.1) is 6.92 Å². The van der Waals surface area contributed by atoms with Gasteiger partial charge in [0.15, 0.2) is 5.82 Å². The Morgan fingerprint density at radius 1 is 1.38 bits per heavy atom. The van der Waals surface area contributed by atoms with Gasteiger partial charge in [-0.1, -0.05) is 13.3 Å². The maximum Gasteiger partial charge on any atom is 0.254 e. The van der Waals surface area contributed by atoms with Crippen LogP contribution in [0.3, 0.4) is 0 Å². The quantitative estimate of drug-likeness (QED) is 0.864. The van der Waals surface area contributed by atoms with Crippen molar-refractivity contribution in [1.29, 1.82) is 0 Å². The van der Waals surface area contributed by atoms with Gasteiger partial charge in [0.1, 0.15) is 11.6 Å². The van der Waals surface area contributed by atoms with Crippen LogP contribution in [-0.2, 0) is 13.0 Å². The lowest BCUT2D eigenvalue weighted by molar-refractivity contribution is 0.0781. The molecule has 0 aliphatic rings. The topological polar surface area (TPSA) is 101 Å². The lowest BCUT2D eigenvalue weighted by Crippen LogP contribution is -2.27. The second-order valence-corrected chi connectivity index (χ2v) is 5.02. The number of carbonyl (C=O) groups excluding carboxylic acids is 1. The number of nitrogen functional groups attached to an aromatic ring is 1. The lowest BCUT2D eigenvalue weighted by Gasteiger charge is -2.16. The fraction of sp³-hybridized carbons (Fsp3) is 0.429. The monoisotopic (exact) mass is 288 g/mol. The van der Waals surface area contributed by atoms with Gasteiger partial charge in [-0.3, -0.25) is 9.89 Å². The van der Waals surface area contributed by atoms with Gasteiger partial charge in [-0.2, -0.15) is 5.10 Å². The van der Waals surface area contributed by atoms with Crippen molar-refractivity contribution in [2.24, 2.45) is 0 Å². The molecule has 3 N–H and O–H groups in total. The number of nitrogens with one attached hydrogen (secondary N) is 1. The van der Waals surface area contributed by atoms with Crippen molar-refractivity contribution in [3.05, 3.63) is 35.0 Å². The number of nitrogens with two attached hydrogens (primary N) is 1. The molecular formula is C14H20N6O. The molecule has 112 valence electrons. The first-order valence-electron chi connectivity index (χ1n) is 6.89. The molecule has 7 heteroatoms. The molecule has 7 nitrogen and oxygen atoms in total. The summed E-state index contributed by atoms with van der Waals surface area (Å²) in [6, 6.07) is 3.39. The van der Waals surface area contributed by atoms with Crippen LogP contribution >= 0.6 is 0 Å². The molecule has 2 rings (SSSR count). The molecule has 0 atom stereocenters. The van der Waals surface area contributed by atoms with Gasteiger partial charge in [-0.15, -0.1) is 0 Å². The molecule has 0 saturated heterocycles. The van der Waals surface area contributed by atoms with E-state index < -0.39 is 0 Å². The smallest absolute Gasteiger partial charge is 0.254 e. The van der Waals surface area contributed by atoms with Crippen molar-refractivity contribution in [2.75, 3.05) is 12.8 Å². The van der Waals surface area contributed by atoms with E-state index in [2.05, 4.69) is 27.1 Å². The summed E-state index contributed by atoms with van der Waals surface area (Å²) in [5.74, 6) is 1.55. The first-order valence-corrected chi connectivity index (χ1v) is 6.89. The van der Waals surface area contributed by atoms with Crippen molar-refractivity contribution in [2.45, 2.75) is 33.2 Å². The van der Waals surface area contributed by atoms with E-state index in [4.69, 9.17) is 5.73 Å². The van der Waals surface area contributed by atoms with E-state index in [1.165, 1.54) is 0 Å². The minimum absolute atomic E-state index is 0.121. The third-order valence-electron chi connectivity index (χ3n) is 3.02. The Hall–Kier alpha value is -2.44. The first kappa shape index (κ1) is 15.0. The Labute approximate surface area is 123 Å². The number of anilines is 1. The summed E-state index contributed by atoms with van der Waals surface area (Å²) in [6.45, 7) is 4.22. The number of aromatic amines is 1. The van der Waals surface area contributed by atoms with E-state index in [0.717, 1.165) is 24.4 Å². The van der Waals surface area contributed by atoms with Crippen LogP contribution in [0.2, 0.25) is 0 Å². The molecule has 0 fully saturated rings. The highest BCUT2D eigenvalue weighted by molar-refractivity contribution is 5.94. The highest BCUT2D eigenvalue weighted by Gasteiger charge is 2.15. The van der Waals surface area contributed by atoms with E-state index in [-0.39, 0.29) is 5.91 Å². The maximum absolute atomic E-state index is 12.4. The third-order valence-corrected chi connectivity index (χ3v) is 3.02. The number of H-pyrrole nitrogens is 1. The minimum Gasteiger partial charge on any atom is -0.384 e. The molecular weight excluding hydrogens is 268 g/mol. The normalized spacial score (nSPS) is 10.6. The number of rotatable bonds is 5. The van der Waals surface area contributed by atoms with E-state index in [1.54, 1.807) is 24.1 Å². The standard InChI is InChI=1S/C14H20N6O/c1-4-5-11-6-10(7-12(15)17-11)14(21)20(3)8-13-16-9(2)18-19-13/h6-7H,4-5,8H2,1-3H3,(H2,15,17)(H,16,18,19). The summed E-state index contributed by atoms with van der Waals surface area (Å²) in [6.07, 6.45) is 1.76. The van der Waals surface area contributed by atoms with Gasteiger partial charge in [-0.05, 0) is 25.5 Å². The molecule has 0 aliphatic heterocycles. The number of aromatic nitrogens is 4. The second kappa shape index (κ2) is 6.34. The van der Waals surface area contributed by atoms with Crippen LogP contribution in [0.5, 0.6) is 0 Å².